The third-order valence-electron chi connectivity index (χ3n) is 1.82. The summed E-state index contributed by atoms with van der Waals surface area (Å²) in [4.78, 5) is 0. The quantitative estimate of drug-likeness (QED) is 0.435. The zero-order valence-electron chi connectivity index (χ0n) is 6.61. The van der Waals surface area contributed by atoms with E-state index in [9.17, 15) is 0 Å². The van der Waals surface area contributed by atoms with Crippen molar-refractivity contribution in [3.05, 3.63) is 12.7 Å². The second-order valence-electron chi connectivity index (χ2n) is 2.50. The van der Waals surface area contributed by atoms with Gasteiger partial charge in [0.25, 0.3) is 0 Å². The Bertz CT molecular complexity index is 86.9. The van der Waals surface area contributed by atoms with Gasteiger partial charge in [0, 0.05) is 7.11 Å². The van der Waals surface area contributed by atoms with E-state index in [4.69, 9.17) is 4.43 Å². The SMILES string of the molecule is C=CC[Si](C)(CC)OC. The van der Waals surface area contributed by atoms with Crippen LogP contribution in [0.3, 0.4) is 0 Å². The zero-order chi connectivity index (χ0) is 7.33. The van der Waals surface area contributed by atoms with E-state index in [2.05, 4.69) is 20.0 Å². The Balaban J connectivity index is 3.75. The molecule has 0 aliphatic carbocycles. The predicted octanol–water partition coefficient (Wildman–Crippen LogP) is 2.41. The lowest BCUT2D eigenvalue weighted by Gasteiger charge is -2.21. The maximum atomic E-state index is 5.40. The van der Waals surface area contributed by atoms with Crippen LogP contribution in [-0.4, -0.2) is 15.4 Å². The number of rotatable bonds is 4. The van der Waals surface area contributed by atoms with Gasteiger partial charge in [-0.1, -0.05) is 13.0 Å². The standard InChI is InChI=1S/C7H16OSi/c1-5-7-9(4,6-2)8-3/h5H,1,6-7H2,2-4H3. The molecule has 0 rings (SSSR count). The fourth-order valence-corrected chi connectivity index (χ4v) is 2.03. The van der Waals surface area contributed by atoms with Gasteiger partial charge >= 0.3 is 0 Å². The summed E-state index contributed by atoms with van der Waals surface area (Å²) < 4.78 is 5.40. The number of allylic oxidation sites excluding steroid dienone is 1. The summed E-state index contributed by atoms with van der Waals surface area (Å²) in [5, 5.41) is 0. The summed E-state index contributed by atoms with van der Waals surface area (Å²) in [5.41, 5.74) is 0. The molecule has 0 aromatic rings. The van der Waals surface area contributed by atoms with Gasteiger partial charge in [-0.05, 0) is 18.6 Å². The monoisotopic (exact) mass is 144 g/mol. The minimum Gasteiger partial charge on any atom is -0.420 e. The van der Waals surface area contributed by atoms with Gasteiger partial charge in [0.15, 0.2) is 8.32 Å². The van der Waals surface area contributed by atoms with Crippen LogP contribution in [0, 0.1) is 0 Å². The summed E-state index contributed by atoms with van der Waals surface area (Å²) in [5.74, 6) is 0. The lowest BCUT2D eigenvalue weighted by Crippen LogP contribution is -2.30. The van der Waals surface area contributed by atoms with E-state index in [0.29, 0.717) is 0 Å². The predicted molar refractivity (Wildman–Crippen MR) is 44.1 cm³/mol. The molecule has 1 unspecified atom stereocenters. The Morgan fingerprint density at radius 2 is 2.22 bits per heavy atom. The van der Waals surface area contributed by atoms with Crippen LogP contribution in [0.1, 0.15) is 6.92 Å². The third kappa shape index (κ3) is 2.82. The second kappa shape index (κ2) is 3.85. The molecule has 0 fully saturated rings. The van der Waals surface area contributed by atoms with E-state index >= 15 is 0 Å². The molecule has 0 bridgehead atoms. The van der Waals surface area contributed by atoms with Crippen molar-refractivity contribution < 1.29 is 4.43 Å². The van der Waals surface area contributed by atoms with Gasteiger partial charge < -0.3 is 4.43 Å². The van der Waals surface area contributed by atoms with E-state index < -0.39 is 8.32 Å². The highest BCUT2D eigenvalue weighted by Gasteiger charge is 2.22. The van der Waals surface area contributed by atoms with E-state index in [1.807, 2.05) is 6.08 Å². The Labute approximate surface area is 58.9 Å². The van der Waals surface area contributed by atoms with Crippen molar-refractivity contribution in [3.8, 4) is 0 Å². The minimum absolute atomic E-state index is 1.07. The largest absolute Gasteiger partial charge is 0.420 e. The van der Waals surface area contributed by atoms with Crippen molar-refractivity contribution in [2.45, 2.75) is 25.6 Å². The average molecular weight is 144 g/mol. The van der Waals surface area contributed by atoms with Crippen LogP contribution in [0.15, 0.2) is 12.7 Å². The minimum atomic E-state index is -1.32. The van der Waals surface area contributed by atoms with Crippen molar-refractivity contribution in [1.82, 2.24) is 0 Å². The van der Waals surface area contributed by atoms with Crippen LogP contribution in [0.2, 0.25) is 18.6 Å². The van der Waals surface area contributed by atoms with Crippen LogP contribution in [0.4, 0.5) is 0 Å². The van der Waals surface area contributed by atoms with Gasteiger partial charge in [-0.2, -0.15) is 0 Å². The molecule has 0 amide bonds. The molecule has 0 aromatic carbocycles. The van der Waals surface area contributed by atoms with Gasteiger partial charge in [0.1, 0.15) is 0 Å². The summed E-state index contributed by atoms with van der Waals surface area (Å²) in [6.45, 7) is 8.11. The molecule has 0 aliphatic rings. The molecule has 0 saturated heterocycles. The molecule has 2 heteroatoms. The fraction of sp³-hybridized carbons (Fsp3) is 0.714. The van der Waals surface area contributed by atoms with E-state index in [1.54, 1.807) is 7.11 Å². The molecule has 0 spiro atoms. The fourth-order valence-electron chi connectivity index (χ4n) is 0.677. The molecular weight excluding hydrogens is 128 g/mol. The summed E-state index contributed by atoms with van der Waals surface area (Å²) in [7, 11) is 0.489. The van der Waals surface area contributed by atoms with Crippen molar-refractivity contribution >= 4 is 8.32 Å². The van der Waals surface area contributed by atoms with Gasteiger partial charge in [0.2, 0.25) is 0 Å². The molecule has 1 nitrogen and oxygen atoms in total. The van der Waals surface area contributed by atoms with Crippen LogP contribution in [-0.2, 0) is 4.43 Å². The highest BCUT2D eigenvalue weighted by Crippen LogP contribution is 2.15. The lowest BCUT2D eigenvalue weighted by molar-refractivity contribution is 0.401. The third-order valence-corrected chi connectivity index (χ3v) is 5.45. The zero-order valence-corrected chi connectivity index (χ0v) is 7.61. The molecule has 9 heavy (non-hydrogen) atoms. The highest BCUT2D eigenvalue weighted by molar-refractivity contribution is 6.72. The van der Waals surface area contributed by atoms with Crippen LogP contribution in [0.5, 0.6) is 0 Å². The average Bonchev–Trinajstić information content (AvgIpc) is 1.89. The Kier molecular flexibility index (Phi) is 3.82. The van der Waals surface area contributed by atoms with Crippen molar-refractivity contribution in [2.75, 3.05) is 7.11 Å². The van der Waals surface area contributed by atoms with Crippen LogP contribution < -0.4 is 0 Å². The van der Waals surface area contributed by atoms with E-state index in [0.717, 1.165) is 6.04 Å². The summed E-state index contributed by atoms with van der Waals surface area (Å²) in [6, 6.07) is 2.25. The van der Waals surface area contributed by atoms with Crippen molar-refractivity contribution in [3.63, 3.8) is 0 Å². The van der Waals surface area contributed by atoms with Gasteiger partial charge in [-0.3, -0.25) is 0 Å². The summed E-state index contributed by atoms with van der Waals surface area (Å²) in [6.07, 6.45) is 1.96. The van der Waals surface area contributed by atoms with E-state index in [1.165, 1.54) is 6.04 Å². The summed E-state index contributed by atoms with van der Waals surface area (Å²) >= 11 is 0. The molecule has 0 N–H and O–H groups in total. The normalized spacial score (nSPS) is 16.8. The first-order valence-electron chi connectivity index (χ1n) is 3.34. The maximum Gasteiger partial charge on any atom is 0.192 e. The van der Waals surface area contributed by atoms with Crippen molar-refractivity contribution in [2.24, 2.45) is 0 Å². The molecule has 0 heterocycles. The molecule has 54 valence electrons. The first kappa shape index (κ1) is 8.92. The molecule has 1 atom stereocenters. The molecule has 0 aliphatic heterocycles. The van der Waals surface area contributed by atoms with Crippen LogP contribution >= 0.6 is 0 Å². The second-order valence-corrected chi connectivity index (χ2v) is 6.92. The number of hydrogen-bond acceptors (Lipinski definition) is 1. The smallest absolute Gasteiger partial charge is 0.192 e. The van der Waals surface area contributed by atoms with Crippen LogP contribution in [0.25, 0.3) is 0 Å². The topological polar surface area (TPSA) is 9.23 Å². The van der Waals surface area contributed by atoms with Gasteiger partial charge in [0.05, 0.1) is 0 Å². The Morgan fingerprint density at radius 3 is 2.33 bits per heavy atom. The Morgan fingerprint density at radius 1 is 1.67 bits per heavy atom. The van der Waals surface area contributed by atoms with Crippen molar-refractivity contribution in [1.29, 1.82) is 0 Å². The lowest BCUT2D eigenvalue weighted by atomic mass is 10.8. The molecule has 0 saturated carbocycles. The number of hydrogen-bond donors (Lipinski definition) is 0. The van der Waals surface area contributed by atoms with Gasteiger partial charge in [-0.15, -0.1) is 6.58 Å². The molecule has 0 aromatic heterocycles. The molecule has 0 radical (unpaired) electrons. The first-order chi connectivity index (χ1) is 4.18. The first-order valence-corrected chi connectivity index (χ1v) is 6.17. The Hall–Kier alpha value is -0.0831. The van der Waals surface area contributed by atoms with Gasteiger partial charge in [-0.25, -0.2) is 0 Å². The maximum absolute atomic E-state index is 5.40. The highest BCUT2D eigenvalue weighted by atomic mass is 28.4. The molecular formula is C7H16OSi. The van der Waals surface area contributed by atoms with E-state index in [-0.39, 0.29) is 0 Å².